The normalized spacial score (nSPS) is 9.71. The van der Waals surface area contributed by atoms with Gasteiger partial charge in [-0.05, 0) is 31.0 Å². The number of hydrogen-bond donors (Lipinski definition) is 1. The summed E-state index contributed by atoms with van der Waals surface area (Å²) in [4.78, 5) is 11.6. The molecule has 0 saturated carbocycles. The first kappa shape index (κ1) is 13.5. The van der Waals surface area contributed by atoms with Crippen molar-refractivity contribution in [1.29, 1.82) is 5.26 Å². The van der Waals surface area contributed by atoms with Gasteiger partial charge in [0, 0.05) is 18.0 Å². The van der Waals surface area contributed by atoms with Crippen LogP contribution in [0.15, 0.2) is 18.2 Å². The number of nitriles is 1. The predicted molar refractivity (Wildman–Crippen MR) is 63.2 cm³/mol. The number of nitrogens with zero attached hydrogens (tertiary/aromatic N) is 1. The Morgan fingerprint density at radius 2 is 2.24 bits per heavy atom. The molecular formula is C12H12ClFN2O. The fourth-order valence-corrected chi connectivity index (χ4v) is 1.47. The van der Waals surface area contributed by atoms with Gasteiger partial charge in [0.15, 0.2) is 0 Å². The zero-order chi connectivity index (χ0) is 12.7. The summed E-state index contributed by atoms with van der Waals surface area (Å²) in [6.45, 7) is 0.423. The highest BCUT2D eigenvalue weighted by Crippen LogP contribution is 2.14. The molecule has 5 heteroatoms. The van der Waals surface area contributed by atoms with Gasteiger partial charge in [0.2, 0.25) is 0 Å². The minimum atomic E-state index is -0.594. The van der Waals surface area contributed by atoms with Crippen molar-refractivity contribution in [3.05, 3.63) is 34.6 Å². The van der Waals surface area contributed by atoms with E-state index in [4.69, 9.17) is 16.9 Å². The molecule has 0 aliphatic heterocycles. The Morgan fingerprint density at radius 3 is 2.94 bits per heavy atom. The molecule has 0 radical (unpaired) electrons. The highest BCUT2D eigenvalue weighted by molar-refractivity contribution is 6.30. The molecule has 0 aromatic heterocycles. The summed E-state index contributed by atoms with van der Waals surface area (Å²) in [6, 6.07) is 5.86. The van der Waals surface area contributed by atoms with Crippen molar-refractivity contribution in [2.75, 3.05) is 6.54 Å². The highest BCUT2D eigenvalue weighted by atomic mass is 35.5. The van der Waals surface area contributed by atoms with Crippen LogP contribution in [-0.4, -0.2) is 12.5 Å². The molecule has 0 atom stereocenters. The Balaban J connectivity index is 2.47. The Hall–Kier alpha value is -1.60. The number of hydrogen-bond acceptors (Lipinski definition) is 2. The van der Waals surface area contributed by atoms with Gasteiger partial charge in [0.25, 0.3) is 5.91 Å². The molecule has 0 heterocycles. The summed E-state index contributed by atoms with van der Waals surface area (Å²) in [5.74, 6) is -1.08. The number of amides is 1. The van der Waals surface area contributed by atoms with E-state index in [1.54, 1.807) is 0 Å². The summed E-state index contributed by atoms with van der Waals surface area (Å²) in [5.41, 5.74) is -0.0576. The lowest BCUT2D eigenvalue weighted by Gasteiger charge is -2.05. The number of halogens is 2. The molecular weight excluding hydrogens is 243 g/mol. The third kappa shape index (κ3) is 4.41. The topological polar surface area (TPSA) is 52.9 Å². The van der Waals surface area contributed by atoms with E-state index < -0.39 is 11.7 Å². The van der Waals surface area contributed by atoms with Gasteiger partial charge in [-0.25, -0.2) is 4.39 Å². The minimum Gasteiger partial charge on any atom is -0.352 e. The van der Waals surface area contributed by atoms with E-state index in [0.717, 1.165) is 12.5 Å². The third-order valence-electron chi connectivity index (χ3n) is 2.17. The molecule has 0 unspecified atom stereocenters. The Bertz CT molecular complexity index is 443. The Kier molecular flexibility index (Phi) is 5.44. The van der Waals surface area contributed by atoms with Gasteiger partial charge in [-0.2, -0.15) is 5.26 Å². The maximum absolute atomic E-state index is 13.3. The van der Waals surface area contributed by atoms with Crippen LogP contribution in [0, 0.1) is 17.1 Å². The van der Waals surface area contributed by atoms with E-state index in [-0.39, 0.29) is 5.56 Å². The van der Waals surface area contributed by atoms with E-state index in [9.17, 15) is 9.18 Å². The van der Waals surface area contributed by atoms with Gasteiger partial charge in [-0.3, -0.25) is 4.79 Å². The van der Waals surface area contributed by atoms with Crippen LogP contribution in [0.3, 0.4) is 0 Å². The molecule has 0 fully saturated rings. The monoisotopic (exact) mass is 254 g/mol. The predicted octanol–water partition coefficient (Wildman–Crippen LogP) is 2.90. The molecule has 0 spiro atoms. The molecule has 1 rings (SSSR count). The second-order valence-corrected chi connectivity index (χ2v) is 3.93. The van der Waals surface area contributed by atoms with Crippen molar-refractivity contribution in [1.82, 2.24) is 5.32 Å². The fourth-order valence-electron chi connectivity index (χ4n) is 1.30. The van der Waals surface area contributed by atoms with Crippen molar-refractivity contribution < 1.29 is 9.18 Å². The zero-order valence-corrected chi connectivity index (χ0v) is 9.93. The van der Waals surface area contributed by atoms with Gasteiger partial charge < -0.3 is 5.32 Å². The molecule has 90 valence electrons. The lowest BCUT2D eigenvalue weighted by molar-refractivity contribution is 0.0949. The number of nitrogens with one attached hydrogen (secondary N) is 1. The molecule has 3 nitrogen and oxygen atoms in total. The van der Waals surface area contributed by atoms with E-state index in [1.165, 1.54) is 12.1 Å². The average Bonchev–Trinajstić information content (AvgIpc) is 2.32. The number of carbonyl (C=O) groups excluding carboxylic acids is 1. The fraction of sp³-hybridized carbons (Fsp3) is 0.333. The molecule has 0 saturated heterocycles. The highest BCUT2D eigenvalue weighted by Gasteiger charge is 2.11. The summed E-state index contributed by atoms with van der Waals surface area (Å²) in [5, 5.41) is 11.2. The second kappa shape index (κ2) is 6.87. The summed E-state index contributed by atoms with van der Waals surface area (Å²) >= 11 is 5.68. The molecule has 1 aromatic carbocycles. The van der Waals surface area contributed by atoms with E-state index in [0.29, 0.717) is 24.4 Å². The molecule has 1 N–H and O–H groups in total. The van der Waals surface area contributed by atoms with E-state index >= 15 is 0 Å². The molecule has 1 amide bonds. The number of benzene rings is 1. The summed E-state index contributed by atoms with van der Waals surface area (Å²) in [7, 11) is 0. The van der Waals surface area contributed by atoms with Crippen LogP contribution in [0.4, 0.5) is 4.39 Å². The van der Waals surface area contributed by atoms with Crippen LogP contribution < -0.4 is 5.32 Å². The van der Waals surface area contributed by atoms with Crippen LogP contribution in [0.5, 0.6) is 0 Å². The molecule has 0 aliphatic carbocycles. The maximum Gasteiger partial charge on any atom is 0.254 e. The number of carbonyl (C=O) groups is 1. The van der Waals surface area contributed by atoms with Crippen LogP contribution in [-0.2, 0) is 0 Å². The smallest absolute Gasteiger partial charge is 0.254 e. The van der Waals surface area contributed by atoms with Crippen LogP contribution in [0.2, 0.25) is 5.02 Å². The maximum atomic E-state index is 13.3. The number of unbranched alkanes of at least 4 members (excludes halogenated alkanes) is 2. The van der Waals surface area contributed by atoms with Crippen molar-refractivity contribution in [3.8, 4) is 6.07 Å². The number of rotatable bonds is 5. The first-order valence-corrected chi connectivity index (χ1v) is 5.63. The SMILES string of the molecule is N#CCCCCNC(=O)c1cc(Cl)ccc1F. The van der Waals surface area contributed by atoms with E-state index in [1.807, 2.05) is 6.07 Å². The van der Waals surface area contributed by atoms with E-state index in [2.05, 4.69) is 5.32 Å². The summed E-state index contributed by atoms with van der Waals surface area (Å²) < 4.78 is 13.3. The van der Waals surface area contributed by atoms with Crippen molar-refractivity contribution in [2.45, 2.75) is 19.3 Å². The van der Waals surface area contributed by atoms with Crippen molar-refractivity contribution in [3.63, 3.8) is 0 Å². The Morgan fingerprint density at radius 1 is 1.47 bits per heavy atom. The molecule has 0 aliphatic rings. The van der Waals surface area contributed by atoms with Gasteiger partial charge in [-0.15, -0.1) is 0 Å². The van der Waals surface area contributed by atoms with Crippen LogP contribution in [0.1, 0.15) is 29.6 Å². The zero-order valence-electron chi connectivity index (χ0n) is 9.17. The van der Waals surface area contributed by atoms with Crippen LogP contribution in [0.25, 0.3) is 0 Å². The summed E-state index contributed by atoms with van der Waals surface area (Å²) in [6.07, 6.45) is 1.87. The lowest BCUT2D eigenvalue weighted by Crippen LogP contribution is -2.25. The quantitative estimate of drug-likeness (QED) is 0.822. The van der Waals surface area contributed by atoms with Crippen LogP contribution >= 0.6 is 11.6 Å². The lowest BCUT2D eigenvalue weighted by atomic mass is 10.2. The molecule has 17 heavy (non-hydrogen) atoms. The van der Waals surface area contributed by atoms with Gasteiger partial charge in [0.05, 0.1) is 11.6 Å². The van der Waals surface area contributed by atoms with Crippen molar-refractivity contribution >= 4 is 17.5 Å². The van der Waals surface area contributed by atoms with Gasteiger partial charge in [-0.1, -0.05) is 11.6 Å². The van der Waals surface area contributed by atoms with Crippen molar-refractivity contribution in [2.24, 2.45) is 0 Å². The Labute approximate surface area is 104 Å². The first-order chi connectivity index (χ1) is 8.15. The standard InChI is InChI=1S/C12H12ClFN2O/c13-9-4-5-11(14)10(8-9)12(17)16-7-3-1-2-6-15/h4-5,8H,1-3,7H2,(H,16,17). The molecule has 0 bridgehead atoms. The average molecular weight is 255 g/mol. The largest absolute Gasteiger partial charge is 0.352 e. The minimum absolute atomic E-state index is 0.0576. The second-order valence-electron chi connectivity index (χ2n) is 3.50. The van der Waals surface area contributed by atoms with Gasteiger partial charge in [0.1, 0.15) is 5.82 Å². The molecule has 1 aromatic rings. The first-order valence-electron chi connectivity index (χ1n) is 5.25. The van der Waals surface area contributed by atoms with Gasteiger partial charge >= 0.3 is 0 Å². The third-order valence-corrected chi connectivity index (χ3v) is 2.41.